The van der Waals surface area contributed by atoms with Crippen molar-refractivity contribution in [2.75, 3.05) is 23.5 Å². The lowest BCUT2D eigenvalue weighted by Crippen LogP contribution is -2.38. The Morgan fingerprint density at radius 3 is 2.63 bits per heavy atom. The van der Waals surface area contributed by atoms with Gasteiger partial charge < -0.3 is 15.4 Å². The van der Waals surface area contributed by atoms with Crippen molar-refractivity contribution in [2.24, 2.45) is 5.92 Å². The first-order valence-electron chi connectivity index (χ1n) is 12.6. The quantitative estimate of drug-likeness (QED) is 0.377. The van der Waals surface area contributed by atoms with E-state index >= 15 is 0 Å². The second kappa shape index (κ2) is 10.9. The summed E-state index contributed by atoms with van der Waals surface area (Å²) in [6.07, 6.45) is 4.90. The van der Waals surface area contributed by atoms with E-state index in [1.807, 2.05) is 12.1 Å². The van der Waals surface area contributed by atoms with Gasteiger partial charge in [-0.15, -0.1) is 11.8 Å². The largest absolute Gasteiger partial charge is 0.481 e. The third-order valence-electron chi connectivity index (χ3n) is 6.93. The average Bonchev–Trinajstić information content (AvgIpc) is 2.91. The molecule has 1 fully saturated rings. The third kappa shape index (κ3) is 5.64. The number of nitrogens with zero attached hydrogens (tertiary/aromatic N) is 2. The van der Waals surface area contributed by atoms with Crippen LogP contribution >= 0.6 is 11.8 Å². The number of rotatable bonds is 7. The van der Waals surface area contributed by atoms with Gasteiger partial charge in [0.15, 0.2) is 0 Å². The number of nitrogens with one attached hydrogen (secondary N) is 3. The molecule has 0 bridgehead atoms. The molecule has 1 saturated carbocycles. The smallest absolute Gasteiger partial charge is 0.240 e. The number of fused-ring (bicyclic) bond motifs is 2. The van der Waals surface area contributed by atoms with E-state index in [1.165, 1.54) is 17.3 Å². The number of methoxy groups -OCH3 is 1. The van der Waals surface area contributed by atoms with Crippen LogP contribution in [0, 0.1) is 5.92 Å². The molecule has 0 radical (unpaired) electrons. The van der Waals surface area contributed by atoms with Gasteiger partial charge in [0.2, 0.25) is 21.8 Å². The van der Waals surface area contributed by atoms with E-state index in [2.05, 4.69) is 39.2 Å². The Morgan fingerprint density at radius 2 is 1.89 bits per heavy atom. The lowest BCUT2D eigenvalue weighted by Gasteiger charge is -2.32. The molecule has 0 atom stereocenters. The first-order valence-corrected chi connectivity index (χ1v) is 15.0. The number of benzene rings is 1. The molecular weight excluding hydrogens is 522 g/mol. The van der Waals surface area contributed by atoms with E-state index in [-0.39, 0.29) is 22.8 Å². The molecule has 200 valence electrons. The normalized spacial score (nSPS) is 19.4. The summed E-state index contributed by atoms with van der Waals surface area (Å²) in [4.78, 5) is 21.8. The first kappa shape index (κ1) is 26.5. The van der Waals surface area contributed by atoms with E-state index in [0.29, 0.717) is 17.3 Å². The predicted molar refractivity (Wildman–Crippen MR) is 150 cm³/mol. The molecule has 5 rings (SSSR count). The highest BCUT2D eigenvalue weighted by Gasteiger charge is 2.29. The van der Waals surface area contributed by atoms with Crippen molar-refractivity contribution in [3.05, 3.63) is 53.9 Å². The molecule has 38 heavy (non-hydrogen) atoms. The van der Waals surface area contributed by atoms with Crippen molar-refractivity contribution in [1.29, 1.82) is 0 Å². The fourth-order valence-corrected chi connectivity index (χ4v) is 7.14. The lowest BCUT2D eigenvalue weighted by atomic mass is 9.83. The Balaban J connectivity index is 1.27. The first-order chi connectivity index (χ1) is 18.2. The van der Waals surface area contributed by atoms with Crippen LogP contribution in [-0.4, -0.2) is 43.2 Å². The number of amides is 1. The van der Waals surface area contributed by atoms with Crippen LogP contribution in [0.4, 0.5) is 11.4 Å². The second-order valence-corrected chi connectivity index (χ2v) is 12.5. The van der Waals surface area contributed by atoms with Gasteiger partial charge in [-0.05, 0) is 75.8 Å². The Bertz CT molecular complexity index is 1510. The van der Waals surface area contributed by atoms with Crippen LogP contribution < -0.4 is 20.1 Å². The van der Waals surface area contributed by atoms with Crippen molar-refractivity contribution in [2.45, 2.75) is 55.4 Å². The molecule has 3 N–H and O–H groups in total. The number of allylic oxidation sites excluding steroid dienone is 2. The molecule has 9 nitrogen and oxygen atoms in total. The number of carbonyl (C=O) groups is 1. The van der Waals surface area contributed by atoms with Gasteiger partial charge in [-0.1, -0.05) is 5.57 Å². The van der Waals surface area contributed by atoms with Gasteiger partial charge in [-0.25, -0.2) is 18.1 Å². The summed E-state index contributed by atoms with van der Waals surface area (Å²) >= 11 is 1.41. The number of hydrogen-bond acceptors (Lipinski definition) is 8. The zero-order valence-electron chi connectivity index (χ0n) is 21.6. The monoisotopic (exact) mass is 553 g/mol. The number of pyridine rings is 2. The van der Waals surface area contributed by atoms with Crippen LogP contribution in [0.2, 0.25) is 0 Å². The summed E-state index contributed by atoms with van der Waals surface area (Å²) < 4.78 is 34.5. The minimum Gasteiger partial charge on any atom is -0.481 e. The van der Waals surface area contributed by atoms with Crippen molar-refractivity contribution >= 4 is 50.1 Å². The molecule has 0 saturated heterocycles. The Kier molecular flexibility index (Phi) is 7.60. The van der Waals surface area contributed by atoms with Crippen molar-refractivity contribution in [3.8, 4) is 5.88 Å². The van der Waals surface area contributed by atoms with Gasteiger partial charge in [0.25, 0.3) is 0 Å². The number of ether oxygens (including phenoxy) is 1. The van der Waals surface area contributed by atoms with Crippen molar-refractivity contribution in [3.63, 3.8) is 0 Å². The van der Waals surface area contributed by atoms with Crippen LogP contribution in [0.25, 0.3) is 11.0 Å². The summed E-state index contributed by atoms with van der Waals surface area (Å²) in [7, 11) is -2.12. The van der Waals surface area contributed by atoms with E-state index in [1.54, 1.807) is 37.6 Å². The van der Waals surface area contributed by atoms with E-state index in [9.17, 15) is 13.2 Å². The number of carbonyl (C=O) groups excluding carboxylic acids is 1. The molecule has 0 spiro atoms. The van der Waals surface area contributed by atoms with Gasteiger partial charge in [-0.3, -0.25) is 9.78 Å². The molecule has 1 amide bonds. The highest BCUT2D eigenvalue weighted by molar-refractivity contribution is 8.00. The number of hydrogen-bond donors (Lipinski definition) is 3. The molecule has 3 heterocycles. The molecule has 2 aliphatic rings. The van der Waals surface area contributed by atoms with Crippen molar-refractivity contribution in [1.82, 2.24) is 14.7 Å². The molecule has 1 aliphatic heterocycles. The fraction of sp³-hybridized carbons (Fsp3) is 0.370. The maximum Gasteiger partial charge on any atom is 0.240 e. The van der Waals surface area contributed by atoms with Gasteiger partial charge in [0.1, 0.15) is 5.52 Å². The van der Waals surface area contributed by atoms with Gasteiger partial charge >= 0.3 is 0 Å². The number of aromatic nitrogens is 2. The second-order valence-electron chi connectivity index (χ2n) is 9.78. The summed E-state index contributed by atoms with van der Waals surface area (Å²) in [6, 6.07) is 10.3. The highest BCUT2D eigenvalue weighted by Crippen LogP contribution is 2.36. The number of anilines is 2. The van der Waals surface area contributed by atoms with Gasteiger partial charge in [-0.2, -0.15) is 0 Å². The zero-order chi connectivity index (χ0) is 26.9. The lowest BCUT2D eigenvalue weighted by molar-refractivity contribution is -0.113. The van der Waals surface area contributed by atoms with E-state index in [4.69, 9.17) is 4.74 Å². The molecular formula is C27H31N5O4S2. The Labute approximate surface area is 226 Å². The number of sulfonamides is 1. The summed E-state index contributed by atoms with van der Waals surface area (Å²) in [5.41, 5.74) is 5.25. The van der Waals surface area contributed by atoms with Crippen LogP contribution in [0.15, 0.2) is 63.7 Å². The fourth-order valence-electron chi connectivity index (χ4n) is 5.02. The standard InChI is InChI=1S/C27H31N5O4S2/c1-16(2)26(30-21-12-13-28-20-9-11-25(36-3)31-27(20)21)17-4-6-18(7-5-17)32-38(34,35)19-8-10-23-22(14-19)29-24(33)15-37-23/h8-14,17-18,32H,4-7,15H2,1-3H3,(H,28,30)(H,29,33). The van der Waals surface area contributed by atoms with Crippen LogP contribution in [0.3, 0.4) is 0 Å². The maximum absolute atomic E-state index is 13.1. The molecule has 1 aromatic carbocycles. The summed E-state index contributed by atoms with van der Waals surface area (Å²) in [5, 5.41) is 6.37. The predicted octanol–water partition coefficient (Wildman–Crippen LogP) is 4.93. The summed E-state index contributed by atoms with van der Waals surface area (Å²) in [6.45, 7) is 4.17. The Hall–Kier alpha value is -3.15. The van der Waals surface area contributed by atoms with Crippen molar-refractivity contribution < 1.29 is 17.9 Å². The minimum atomic E-state index is -3.71. The zero-order valence-corrected chi connectivity index (χ0v) is 23.2. The third-order valence-corrected chi connectivity index (χ3v) is 9.52. The van der Waals surface area contributed by atoms with Crippen LogP contribution in [0.1, 0.15) is 39.5 Å². The van der Waals surface area contributed by atoms with Gasteiger partial charge in [0.05, 0.1) is 34.6 Å². The number of thioether (sulfide) groups is 1. The maximum atomic E-state index is 13.1. The van der Waals surface area contributed by atoms with Gasteiger partial charge in [0, 0.05) is 28.9 Å². The Morgan fingerprint density at radius 1 is 1.11 bits per heavy atom. The minimum absolute atomic E-state index is 0.123. The summed E-state index contributed by atoms with van der Waals surface area (Å²) in [5.74, 6) is 1.01. The molecule has 1 aliphatic carbocycles. The molecule has 0 unspecified atom stereocenters. The SMILES string of the molecule is COc1ccc2nccc(NC(=C(C)C)C3CCC(NS(=O)(=O)c4ccc5c(c4)NC(=O)CS5)CC3)c2n1. The van der Waals surface area contributed by atoms with Crippen LogP contribution in [0.5, 0.6) is 5.88 Å². The van der Waals surface area contributed by atoms with Crippen LogP contribution in [-0.2, 0) is 14.8 Å². The average molecular weight is 554 g/mol. The molecule has 2 aromatic heterocycles. The van der Waals surface area contributed by atoms with E-state index in [0.717, 1.165) is 53.0 Å². The van der Waals surface area contributed by atoms with E-state index < -0.39 is 10.0 Å². The molecule has 3 aromatic rings. The highest BCUT2D eigenvalue weighted by atomic mass is 32.2. The topological polar surface area (TPSA) is 122 Å². The molecule has 11 heteroatoms.